The lowest BCUT2D eigenvalue weighted by atomic mass is 10.2. The predicted molar refractivity (Wildman–Crippen MR) is 59.9 cm³/mol. The maximum absolute atomic E-state index is 11.4. The SMILES string of the molecule is C=C(CC)C(=O)Nc1cccc(C=O)c1. The molecule has 0 aliphatic rings. The Balaban J connectivity index is 2.76. The zero-order valence-corrected chi connectivity index (χ0v) is 8.62. The lowest BCUT2D eigenvalue weighted by Crippen LogP contribution is -2.13. The Hall–Kier alpha value is -1.90. The standard InChI is InChI=1S/C12H13NO2/c1-3-9(2)12(15)13-11-6-4-5-10(7-11)8-14/h4-8H,2-3H2,1H3,(H,13,15). The molecule has 3 nitrogen and oxygen atoms in total. The maximum Gasteiger partial charge on any atom is 0.250 e. The quantitative estimate of drug-likeness (QED) is 0.603. The normalized spacial score (nSPS) is 9.40. The van der Waals surface area contributed by atoms with Crippen molar-refractivity contribution in [3.05, 3.63) is 42.0 Å². The molecule has 0 unspecified atom stereocenters. The largest absolute Gasteiger partial charge is 0.322 e. The summed E-state index contributed by atoms with van der Waals surface area (Å²) in [4.78, 5) is 21.9. The van der Waals surface area contributed by atoms with Gasteiger partial charge >= 0.3 is 0 Å². The highest BCUT2D eigenvalue weighted by atomic mass is 16.1. The average Bonchev–Trinajstić information content (AvgIpc) is 2.28. The molecule has 1 aromatic carbocycles. The number of carbonyl (C=O) groups is 2. The van der Waals surface area contributed by atoms with Crippen LogP contribution in [0.25, 0.3) is 0 Å². The summed E-state index contributed by atoms with van der Waals surface area (Å²) in [5, 5.41) is 2.67. The maximum atomic E-state index is 11.4. The van der Waals surface area contributed by atoms with Crippen molar-refractivity contribution in [2.75, 3.05) is 5.32 Å². The molecule has 15 heavy (non-hydrogen) atoms. The summed E-state index contributed by atoms with van der Waals surface area (Å²) >= 11 is 0. The second-order valence-electron chi connectivity index (χ2n) is 3.15. The van der Waals surface area contributed by atoms with Crippen LogP contribution in [0.5, 0.6) is 0 Å². The van der Waals surface area contributed by atoms with Gasteiger partial charge in [0, 0.05) is 16.8 Å². The van der Waals surface area contributed by atoms with Crippen molar-refractivity contribution >= 4 is 17.9 Å². The fraction of sp³-hybridized carbons (Fsp3) is 0.167. The fourth-order valence-electron chi connectivity index (χ4n) is 1.07. The first kappa shape index (κ1) is 11.2. The zero-order valence-electron chi connectivity index (χ0n) is 8.62. The lowest BCUT2D eigenvalue weighted by molar-refractivity contribution is -0.112. The van der Waals surface area contributed by atoms with E-state index in [0.717, 1.165) is 6.29 Å². The van der Waals surface area contributed by atoms with E-state index in [4.69, 9.17) is 0 Å². The molecule has 0 saturated carbocycles. The molecule has 0 fully saturated rings. The van der Waals surface area contributed by atoms with Gasteiger partial charge in [-0.05, 0) is 18.6 Å². The van der Waals surface area contributed by atoms with Crippen LogP contribution in [-0.4, -0.2) is 12.2 Å². The van der Waals surface area contributed by atoms with E-state index in [2.05, 4.69) is 11.9 Å². The van der Waals surface area contributed by atoms with Crippen molar-refractivity contribution in [3.8, 4) is 0 Å². The molecule has 3 heteroatoms. The van der Waals surface area contributed by atoms with E-state index in [0.29, 0.717) is 23.2 Å². The van der Waals surface area contributed by atoms with Crippen LogP contribution in [0.2, 0.25) is 0 Å². The molecule has 1 rings (SSSR count). The molecule has 0 atom stereocenters. The molecule has 0 heterocycles. The van der Waals surface area contributed by atoms with Crippen molar-refractivity contribution < 1.29 is 9.59 Å². The van der Waals surface area contributed by atoms with E-state index in [1.54, 1.807) is 24.3 Å². The van der Waals surface area contributed by atoms with Crippen LogP contribution in [-0.2, 0) is 4.79 Å². The average molecular weight is 203 g/mol. The fourth-order valence-corrected chi connectivity index (χ4v) is 1.07. The number of nitrogens with one attached hydrogen (secondary N) is 1. The molecular formula is C12H13NO2. The predicted octanol–water partition coefficient (Wildman–Crippen LogP) is 2.40. The van der Waals surface area contributed by atoms with Crippen LogP contribution >= 0.6 is 0 Å². The van der Waals surface area contributed by atoms with Gasteiger partial charge in [0.1, 0.15) is 6.29 Å². The van der Waals surface area contributed by atoms with Crippen molar-refractivity contribution in [3.63, 3.8) is 0 Å². The molecule has 1 aromatic rings. The number of carbonyl (C=O) groups excluding carboxylic acids is 2. The summed E-state index contributed by atoms with van der Waals surface area (Å²) in [7, 11) is 0. The highest BCUT2D eigenvalue weighted by Crippen LogP contribution is 2.10. The van der Waals surface area contributed by atoms with Gasteiger partial charge in [0.2, 0.25) is 0 Å². The smallest absolute Gasteiger partial charge is 0.250 e. The summed E-state index contributed by atoms with van der Waals surface area (Å²) in [6.07, 6.45) is 1.35. The molecule has 0 radical (unpaired) electrons. The monoisotopic (exact) mass is 203 g/mol. The van der Waals surface area contributed by atoms with E-state index in [1.165, 1.54) is 0 Å². The third-order valence-corrected chi connectivity index (χ3v) is 2.03. The van der Waals surface area contributed by atoms with Gasteiger partial charge in [-0.3, -0.25) is 9.59 Å². The minimum Gasteiger partial charge on any atom is -0.322 e. The first-order valence-electron chi connectivity index (χ1n) is 4.71. The molecule has 0 spiro atoms. The van der Waals surface area contributed by atoms with E-state index in [9.17, 15) is 9.59 Å². The molecule has 0 saturated heterocycles. The summed E-state index contributed by atoms with van der Waals surface area (Å²) in [6.45, 7) is 5.50. The number of rotatable bonds is 4. The number of hydrogen-bond donors (Lipinski definition) is 1. The second-order valence-corrected chi connectivity index (χ2v) is 3.15. The van der Waals surface area contributed by atoms with Gasteiger partial charge in [0.05, 0.1) is 0 Å². The van der Waals surface area contributed by atoms with Gasteiger partial charge in [-0.1, -0.05) is 25.6 Å². The van der Waals surface area contributed by atoms with Gasteiger partial charge in [-0.25, -0.2) is 0 Å². The third-order valence-electron chi connectivity index (χ3n) is 2.03. The van der Waals surface area contributed by atoms with Gasteiger partial charge in [-0.15, -0.1) is 0 Å². The molecule has 78 valence electrons. The van der Waals surface area contributed by atoms with Gasteiger partial charge in [0.15, 0.2) is 0 Å². The number of hydrogen-bond acceptors (Lipinski definition) is 2. The number of aldehydes is 1. The summed E-state index contributed by atoms with van der Waals surface area (Å²) in [5.41, 5.74) is 1.67. The first-order valence-corrected chi connectivity index (χ1v) is 4.71. The van der Waals surface area contributed by atoms with Crippen LogP contribution in [0.4, 0.5) is 5.69 Å². The minimum absolute atomic E-state index is 0.208. The van der Waals surface area contributed by atoms with Gasteiger partial charge in [-0.2, -0.15) is 0 Å². The first-order chi connectivity index (χ1) is 7.17. The molecule has 1 amide bonds. The van der Waals surface area contributed by atoms with Crippen LogP contribution in [0.1, 0.15) is 23.7 Å². The Morgan fingerprint density at radius 1 is 1.53 bits per heavy atom. The Morgan fingerprint density at radius 3 is 2.87 bits per heavy atom. The summed E-state index contributed by atoms with van der Waals surface area (Å²) in [6, 6.07) is 6.74. The number of benzene rings is 1. The number of amides is 1. The molecule has 0 aliphatic carbocycles. The van der Waals surface area contributed by atoms with Crippen LogP contribution < -0.4 is 5.32 Å². The van der Waals surface area contributed by atoms with Crippen molar-refractivity contribution in [1.82, 2.24) is 0 Å². The zero-order chi connectivity index (χ0) is 11.3. The van der Waals surface area contributed by atoms with Crippen molar-refractivity contribution in [1.29, 1.82) is 0 Å². The Labute approximate surface area is 88.8 Å². The van der Waals surface area contributed by atoms with Crippen molar-refractivity contribution in [2.24, 2.45) is 0 Å². The molecular weight excluding hydrogens is 190 g/mol. The molecule has 0 aromatic heterocycles. The van der Waals surface area contributed by atoms with E-state index in [-0.39, 0.29) is 5.91 Å². The van der Waals surface area contributed by atoms with Crippen molar-refractivity contribution in [2.45, 2.75) is 13.3 Å². The van der Waals surface area contributed by atoms with E-state index >= 15 is 0 Å². The van der Waals surface area contributed by atoms with Gasteiger partial charge in [0.25, 0.3) is 5.91 Å². The van der Waals surface area contributed by atoms with E-state index in [1.807, 2.05) is 6.92 Å². The highest BCUT2D eigenvalue weighted by molar-refractivity contribution is 6.03. The second kappa shape index (κ2) is 5.10. The Kier molecular flexibility index (Phi) is 3.80. The topological polar surface area (TPSA) is 46.2 Å². The summed E-state index contributed by atoms with van der Waals surface area (Å²) in [5.74, 6) is -0.208. The Morgan fingerprint density at radius 2 is 2.27 bits per heavy atom. The highest BCUT2D eigenvalue weighted by Gasteiger charge is 2.04. The third kappa shape index (κ3) is 3.06. The molecule has 0 bridgehead atoms. The molecule has 1 N–H and O–H groups in total. The summed E-state index contributed by atoms with van der Waals surface area (Å²) < 4.78 is 0. The Bertz CT molecular complexity index is 396. The van der Waals surface area contributed by atoms with E-state index < -0.39 is 0 Å². The minimum atomic E-state index is -0.208. The molecule has 0 aliphatic heterocycles. The van der Waals surface area contributed by atoms with Crippen LogP contribution in [0.15, 0.2) is 36.4 Å². The van der Waals surface area contributed by atoms with Crippen LogP contribution in [0.3, 0.4) is 0 Å². The lowest BCUT2D eigenvalue weighted by Gasteiger charge is -2.05. The van der Waals surface area contributed by atoms with Crippen LogP contribution in [0, 0.1) is 0 Å². The van der Waals surface area contributed by atoms with Gasteiger partial charge < -0.3 is 5.32 Å². The number of anilines is 1.